The first-order chi connectivity index (χ1) is 9.95. The highest BCUT2D eigenvalue weighted by Gasteiger charge is 2.22. The first-order valence-corrected chi connectivity index (χ1v) is 8.24. The molecule has 21 heavy (non-hydrogen) atoms. The average molecular weight is 420 g/mol. The number of rotatable bonds is 4. The maximum Gasteiger partial charge on any atom is 0.304 e. The van der Waals surface area contributed by atoms with Crippen LogP contribution in [0, 0.1) is 0 Å². The smallest absolute Gasteiger partial charge is 0.304 e. The highest BCUT2D eigenvalue weighted by Crippen LogP contribution is 2.21. The predicted molar refractivity (Wildman–Crippen MR) is 86.4 cm³/mol. The van der Waals surface area contributed by atoms with Gasteiger partial charge in [-0.05, 0) is 18.2 Å². The molecule has 0 spiro atoms. The van der Waals surface area contributed by atoms with Crippen molar-refractivity contribution in [3.8, 4) is 0 Å². The minimum absolute atomic E-state index is 0.00915. The lowest BCUT2D eigenvalue weighted by molar-refractivity contribution is -0.137. The second kappa shape index (κ2) is 7.38. The summed E-state index contributed by atoms with van der Waals surface area (Å²) in [6.45, 7) is 3.23. The number of benzene rings is 1. The Morgan fingerprint density at radius 3 is 2.14 bits per heavy atom. The van der Waals surface area contributed by atoms with Crippen LogP contribution in [0.15, 0.2) is 27.1 Å². The molecule has 2 rings (SSSR count). The second-order valence-electron chi connectivity index (χ2n) is 4.94. The zero-order valence-corrected chi connectivity index (χ0v) is 14.6. The Kier molecular flexibility index (Phi) is 5.78. The van der Waals surface area contributed by atoms with Crippen molar-refractivity contribution >= 4 is 43.7 Å². The molecular weight excluding hydrogens is 404 g/mol. The van der Waals surface area contributed by atoms with Crippen molar-refractivity contribution in [1.29, 1.82) is 0 Å². The molecule has 1 aliphatic heterocycles. The van der Waals surface area contributed by atoms with Gasteiger partial charge < -0.3 is 10.0 Å². The lowest BCUT2D eigenvalue weighted by Gasteiger charge is -2.34. The van der Waals surface area contributed by atoms with Gasteiger partial charge >= 0.3 is 5.97 Å². The van der Waals surface area contributed by atoms with E-state index in [2.05, 4.69) is 36.8 Å². The molecule has 0 unspecified atom stereocenters. The summed E-state index contributed by atoms with van der Waals surface area (Å²) in [7, 11) is 0. The molecule has 1 aromatic rings. The Morgan fingerprint density at radius 2 is 1.62 bits per heavy atom. The third kappa shape index (κ3) is 4.79. The lowest BCUT2D eigenvalue weighted by atomic mass is 10.2. The fourth-order valence-corrected chi connectivity index (χ4v) is 3.58. The molecule has 1 heterocycles. The Morgan fingerprint density at radius 1 is 1.05 bits per heavy atom. The van der Waals surface area contributed by atoms with E-state index in [0.717, 1.165) is 8.95 Å². The Balaban J connectivity index is 1.92. The van der Waals surface area contributed by atoms with Crippen LogP contribution in [0.5, 0.6) is 0 Å². The molecule has 5 nitrogen and oxygen atoms in total. The molecule has 1 N–H and O–H groups in total. The monoisotopic (exact) mass is 418 g/mol. The molecule has 0 aromatic heterocycles. The molecule has 1 aliphatic rings. The first-order valence-electron chi connectivity index (χ1n) is 6.65. The molecule has 0 bridgehead atoms. The van der Waals surface area contributed by atoms with E-state index in [4.69, 9.17) is 5.11 Å². The maximum atomic E-state index is 12.4. The van der Waals surface area contributed by atoms with E-state index < -0.39 is 5.97 Å². The summed E-state index contributed by atoms with van der Waals surface area (Å²) in [4.78, 5) is 26.9. The summed E-state index contributed by atoms with van der Waals surface area (Å²) >= 11 is 6.77. The molecule has 0 saturated carbocycles. The fraction of sp³-hybridized carbons (Fsp3) is 0.429. The summed E-state index contributed by atoms with van der Waals surface area (Å²) < 4.78 is 1.72. The minimum Gasteiger partial charge on any atom is -0.481 e. The first kappa shape index (κ1) is 16.5. The maximum absolute atomic E-state index is 12.4. The molecule has 1 saturated heterocycles. The van der Waals surface area contributed by atoms with Crippen LogP contribution in [0.1, 0.15) is 16.8 Å². The van der Waals surface area contributed by atoms with Crippen molar-refractivity contribution in [1.82, 2.24) is 9.80 Å². The molecule has 0 atom stereocenters. The fourth-order valence-electron chi connectivity index (χ4n) is 2.29. The van der Waals surface area contributed by atoms with Crippen molar-refractivity contribution in [3.63, 3.8) is 0 Å². The van der Waals surface area contributed by atoms with E-state index >= 15 is 0 Å². The normalized spacial score (nSPS) is 16.0. The van der Waals surface area contributed by atoms with Crippen LogP contribution in [-0.4, -0.2) is 59.5 Å². The van der Waals surface area contributed by atoms with Gasteiger partial charge in [0.1, 0.15) is 0 Å². The lowest BCUT2D eigenvalue weighted by Crippen LogP contribution is -2.49. The summed E-state index contributed by atoms with van der Waals surface area (Å²) in [5.41, 5.74) is 0.648. The third-order valence-corrected chi connectivity index (χ3v) is 4.33. The van der Waals surface area contributed by atoms with Crippen LogP contribution in [0.25, 0.3) is 0 Å². The molecular formula is C14H16Br2N2O3. The van der Waals surface area contributed by atoms with Gasteiger partial charge in [0, 0.05) is 47.2 Å². The molecule has 1 amide bonds. The molecule has 1 aromatic carbocycles. The van der Waals surface area contributed by atoms with E-state index in [-0.39, 0.29) is 12.3 Å². The number of hydrogen-bond acceptors (Lipinski definition) is 3. The number of carboxylic acids is 1. The summed E-state index contributed by atoms with van der Waals surface area (Å²) in [6.07, 6.45) is 0.145. The van der Waals surface area contributed by atoms with Crippen LogP contribution in [0.3, 0.4) is 0 Å². The Bertz CT molecular complexity index is 523. The number of carbonyl (C=O) groups excluding carboxylic acids is 1. The highest BCUT2D eigenvalue weighted by atomic mass is 79.9. The molecule has 0 aliphatic carbocycles. The van der Waals surface area contributed by atoms with E-state index in [0.29, 0.717) is 38.3 Å². The number of piperazine rings is 1. The van der Waals surface area contributed by atoms with Gasteiger partial charge in [-0.1, -0.05) is 31.9 Å². The quantitative estimate of drug-likeness (QED) is 0.814. The van der Waals surface area contributed by atoms with Crippen molar-refractivity contribution in [2.45, 2.75) is 6.42 Å². The zero-order chi connectivity index (χ0) is 15.4. The number of carboxylic acid groups (broad SMARTS) is 1. The van der Waals surface area contributed by atoms with Gasteiger partial charge in [0.25, 0.3) is 5.91 Å². The van der Waals surface area contributed by atoms with Crippen molar-refractivity contribution in [3.05, 3.63) is 32.7 Å². The molecule has 1 fully saturated rings. The second-order valence-corrected chi connectivity index (χ2v) is 6.77. The van der Waals surface area contributed by atoms with Crippen LogP contribution >= 0.6 is 31.9 Å². The van der Waals surface area contributed by atoms with E-state index in [9.17, 15) is 9.59 Å². The van der Waals surface area contributed by atoms with Gasteiger partial charge in [-0.15, -0.1) is 0 Å². The van der Waals surface area contributed by atoms with Crippen molar-refractivity contribution in [2.75, 3.05) is 32.7 Å². The van der Waals surface area contributed by atoms with Crippen LogP contribution in [0.4, 0.5) is 0 Å². The van der Waals surface area contributed by atoms with Crippen LogP contribution in [0.2, 0.25) is 0 Å². The Labute approximate surface area is 140 Å². The number of hydrogen-bond donors (Lipinski definition) is 1. The summed E-state index contributed by atoms with van der Waals surface area (Å²) in [5.74, 6) is -0.776. The van der Waals surface area contributed by atoms with Crippen LogP contribution in [-0.2, 0) is 4.79 Å². The molecule has 114 valence electrons. The largest absolute Gasteiger partial charge is 0.481 e. The third-order valence-electron chi connectivity index (χ3n) is 3.41. The average Bonchev–Trinajstić information content (AvgIpc) is 2.44. The van der Waals surface area contributed by atoms with E-state index in [1.54, 1.807) is 0 Å². The van der Waals surface area contributed by atoms with Gasteiger partial charge in [-0.25, -0.2) is 0 Å². The summed E-state index contributed by atoms with van der Waals surface area (Å²) in [6, 6.07) is 5.51. The van der Waals surface area contributed by atoms with Crippen LogP contribution < -0.4 is 0 Å². The topological polar surface area (TPSA) is 60.9 Å². The number of aliphatic carboxylic acids is 1. The van der Waals surface area contributed by atoms with Crippen molar-refractivity contribution in [2.24, 2.45) is 0 Å². The highest BCUT2D eigenvalue weighted by molar-refractivity contribution is 9.11. The van der Waals surface area contributed by atoms with Gasteiger partial charge in [0.15, 0.2) is 0 Å². The zero-order valence-electron chi connectivity index (χ0n) is 11.4. The number of carbonyl (C=O) groups is 2. The van der Waals surface area contributed by atoms with E-state index in [1.807, 2.05) is 23.1 Å². The minimum atomic E-state index is -0.785. The summed E-state index contributed by atoms with van der Waals surface area (Å²) in [5, 5.41) is 8.68. The number of halogens is 2. The molecule has 7 heteroatoms. The predicted octanol–water partition coefficient (Wildman–Crippen LogP) is 2.44. The SMILES string of the molecule is O=C(O)CCN1CCN(C(=O)c2cc(Br)cc(Br)c2)CC1. The number of amides is 1. The van der Waals surface area contributed by atoms with Gasteiger partial charge in [0.2, 0.25) is 0 Å². The Hall–Kier alpha value is -0.920. The number of nitrogens with zero attached hydrogens (tertiary/aromatic N) is 2. The van der Waals surface area contributed by atoms with E-state index in [1.165, 1.54) is 0 Å². The van der Waals surface area contributed by atoms with Crippen molar-refractivity contribution < 1.29 is 14.7 Å². The van der Waals surface area contributed by atoms with Gasteiger partial charge in [0.05, 0.1) is 6.42 Å². The van der Waals surface area contributed by atoms with Gasteiger partial charge in [-0.3, -0.25) is 14.5 Å². The molecule has 0 radical (unpaired) electrons. The van der Waals surface area contributed by atoms with Gasteiger partial charge in [-0.2, -0.15) is 0 Å². The standard InChI is InChI=1S/C14H16Br2N2O3/c15-11-7-10(8-12(16)9-11)14(21)18-5-3-17(4-6-18)2-1-13(19)20/h7-9H,1-6H2,(H,19,20).